The second-order valence-corrected chi connectivity index (χ2v) is 5.89. The van der Waals surface area contributed by atoms with E-state index in [1.54, 1.807) is 0 Å². The Hall–Kier alpha value is -0.0800. The molecule has 0 saturated carbocycles. The van der Waals surface area contributed by atoms with Crippen LogP contribution < -0.4 is 0 Å². The highest BCUT2D eigenvalue weighted by molar-refractivity contribution is 4.95. The largest absolute Gasteiger partial charge is 0.346 e. The minimum atomic E-state index is 0.0727. The van der Waals surface area contributed by atoms with Crippen molar-refractivity contribution in [2.75, 3.05) is 0 Å². The first-order chi connectivity index (χ1) is 8.12. The van der Waals surface area contributed by atoms with Crippen molar-refractivity contribution in [2.24, 2.45) is 5.92 Å². The van der Waals surface area contributed by atoms with Gasteiger partial charge in [-0.25, -0.2) is 0 Å². The van der Waals surface area contributed by atoms with Gasteiger partial charge in [-0.3, -0.25) is 0 Å². The minimum absolute atomic E-state index is 0.0727. The summed E-state index contributed by atoms with van der Waals surface area (Å²) in [5.74, 6) is 0.640. The monoisotopic (exact) mass is 240 g/mol. The highest BCUT2D eigenvalue weighted by Crippen LogP contribution is 2.48. The molecule has 0 aromatic heterocycles. The van der Waals surface area contributed by atoms with Gasteiger partial charge in [-0.2, -0.15) is 0 Å². The molecule has 0 radical (unpaired) electrons. The molecule has 2 nitrogen and oxygen atoms in total. The highest BCUT2D eigenvalue weighted by Gasteiger charge is 2.50. The SMILES string of the molecule is CCC1(CC)CC[C@@H]2CC(CC)(CC)O[C@@H]2O1. The van der Waals surface area contributed by atoms with Crippen LogP contribution in [0.4, 0.5) is 0 Å². The van der Waals surface area contributed by atoms with Crippen LogP contribution in [0.2, 0.25) is 0 Å². The van der Waals surface area contributed by atoms with Crippen LogP contribution in [0.15, 0.2) is 0 Å². The van der Waals surface area contributed by atoms with E-state index in [1.165, 1.54) is 19.3 Å². The van der Waals surface area contributed by atoms with Gasteiger partial charge in [0.05, 0.1) is 11.2 Å². The Balaban J connectivity index is 2.08. The van der Waals surface area contributed by atoms with E-state index in [-0.39, 0.29) is 17.5 Å². The zero-order valence-corrected chi connectivity index (χ0v) is 11.9. The average Bonchev–Trinajstić information content (AvgIpc) is 2.76. The van der Waals surface area contributed by atoms with Gasteiger partial charge in [0.25, 0.3) is 0 Å². The fourth-order valence-corrected chi connectivity index (χ4v) is 3.55. The average molecular weight is 240 g/mol. The third-order valence-electron chi connectivity index (χ3n) is 5.30. The van der Waals surface area contributed by atoms with Crippen LogP contribution in [0.3, 0.4) is 0 Å². The van der Waals surface area contributed by atoms with Gasteiger partial charge in [0.1, 0.15) is 0 Å². The van der Waals surface area contributed by atoms with Crippen molar-refractivity contribution in [2.45, 2.75) is 90.1 Å². The van der Waals surface area contributed by atoms with Gasteiger partial charge in [-0.05, 0) is 44.9 Å². The van der Waals surface area contributed by atoms with Crippen LogP contribution in [0, 0.1) is 5.92 Å². The molecule has 0 bridgehead atoms. The van der Waals surface area contributed by atoms with Gasteiger partial charge in [0.2, 0.25) is 0 Å². The van der Waals surface area contributed by atoms with E-state index in [9.17, 15) is 0 Å². The van der Waals surface area contributed by atoms with Crippen LogP contribution in [0.5, 0.6) is 0 Å². The fourth-order valence-electron chi connectivity index (χ4n) is 3.55. The Labute approximate surface area is 106 Å². The molecule has 0 N–H and O–H groups in total. The highest BCUT2D eigenvalue weighted by atomic mass is 16.7. The molecule has 0 aromatic rings. The van der Waals surface area contributed by atoms with Gasteiger partial charge < -0.3 is 9.47 Å². The maximum Gasteiger partial charge on any atom is 0.161 e. The summed E-state index contributed by atoms with van der Waals surface area (Å²) < 4.78 is 12.6. The van der Waals surface area contributed by atoms with Crippen molar-refractivity contribution in [3.8, 4) is 0 Å². The Morgan fingerprint density at radius 3 is 1.94 bits per heavy atom. The van der Waals surface area contributed by atoms with E-state index in [2.05, 4.69) is 27.7 Å². The molecule has 2 saturated heterocycles. The Morgan fingerprint density at radius 1 is 0.882 bits per heavy atom. The Kier molecular flexibility index (Phi) is 3.84. The van der Waals surface area contributed by atoms with E-state index in [0.717, 1.165) is 25.7 Å². The third kappa shape index (κ3) is 2.26. The van der Waals surface area contributed by atoms with Crippen LogP contribution >= 0.6 is 0 Å². The van der Waals surface area contributed by atoms with Crippen LogP contribution in [-0.4, -0.2) is 17.5 Å². The molecule has 0 unspecified atom stereocenters. The molecular weight excluding hydrogens is 212 g/mol. The molecule has 2 heteroatoms. The molecule has 0 aromatic carbocycles. The fraction of sp³-hybridized carbons (Fsp3) is 1.00. The van der Waals surface area contributed by atoms with Crippen molar-refractivity contribution in [3.05, 3.63) is 0 Å². The minimum Gasteiger partial charge on any atom is -0.346 e. The topological polar surface area (TPSA) is 18.5 Å². The lowest BCUT2D eigenvalue weighted by Gasteiger charge is -2.41. The summed E-state index contributed by atoms with van der Waals surface area (Å²) in [4.78, 5) is 0. The predicted octanol–water partition coefficient (Wildman–Crippen LogP) is 4.28. The standard InChI is InChI=1S/C15H28O2/c1-5-14(6-2)10-9-12-11-15(7-3,8-4)17-13(12)16-14/h12-13H,5-11H2,1-4H3/t12-,13+/m1/s1. The number of hydrogen-bond acceptors (Lipinski definition) is 2. The van der Waals surface area contributed by atoms with Crippen molar-refractivity contribution < 1.29 is 9.47 Å². The quantitative estimate of drug-likeness (QED) is 0.730. The first-order valence-electron chi connectivity index (χ1n) is 7.48. The summed E-state index contributed by atoms with van der Waals surface area (Å²) in [6, 6.07) is 0. The maximum atomic E-state index is 6.33. The Morgan fingerprint density at radius 2 is 1.41 bits per heavy atom. The molecule has 0 spiro atoms. The lowest BCUT2D eigenvalue weighted by molar-refractivity contribution is -0.257. The molecule has 2 rings (SSSR count). The van der Waals surface area contributed by atoms with Gasteiger partial charge in [0.15, 0.2) is 6.29 Å². The van der Waals surface area contributed by atoms with Gasteiger partial charge in [0, 0.05) is 5.92 Å². The number of hydrogen-bond donors (Lipinski definition) is 0. The summed E-state index contributed by atoms with van der Waals surface area (Å²) in [6.07, 6.45) is 8.23. The summed E-state index contributed by atoms with van der Waals surface area (Å²) in [5, 5.41) is 0. The molecule has 2 fully saturated rings. The second kappa shape index (κ2) is 4.89. The molecule has 2 aliphatic rings. The second-order valence-electron chi connectivity index (χ2n) is 5.89. The molecule has 0 amide bonds. The molecule has 0 aliphatic carbocycles. The molecular formula is C15H28O2. The van der Waals surface area contributed by atoms with Crippen LogP contribution in [0.1, 0.15) is 72.6 Å². The van der Waals surface area contributed by atoms with Crippen molar-refractivity contribution in [3.63, 3.8) is 0 Å². The van der Waals surface area contributed by atoms with Gasteiger partial charge in [-0.15, -0.1) is 0 Å². The number of fused-ring (bicyclic) bond motifs is 1. The molecule has 2 heterocycles. The summed E-state index contributed by atoms with van der Waals surface area (Å²) >= 11 is 0. The lowest BCUT2D eigenvalue weighted by atomic mass is 9.81. The van der Waals surface area contributed by atoms with Gasteiger partial charge >= 0.3 is 0 Å². The number of rotatable bonds is 4. The first kappa shape index (κ1) is 13.4. The third-order valence-corrected chi connectivity index (χ3v) is 5.30. The van der Waals surface area contributed by atoms with E-state index in [0.29, 0.717) is 5.92 Å². The van der Waals surface area contributed by atoms with Crippen molar-refractivity contribution in [1.29, 1.82) is 0 Å². The maximum absolute atomic E-state index is 6.33. The smallest absolute Gasteiger partial charge is 0.161 e. The van der Waals surface area contributed by atoms with E-state index in [1.807, 2.05) is 0 Å². The molecule has 2 aliphatic heterocycles. The zero-order valence-electron chi connectivity index (χ0n) is 11.9. The van der Waals surface area contributed by atoms with Crippen LogP contribution in [-0.2, 0) is 9.47 Å². The predicted molar refractivity (Wildman–Crippen MR) is 69.9 cm³/mol. The molecule has 100 valence electrons. The number of ether oxygens (including phenoxy) is 2. The summed E-state index contributed by atoms with van der Waals surface area (Å²) in [5.41, 5.74) is 0.200. The summed E-state index contributed by atoms with van der Waals surface area (Å²) in [6.45, 7) is 8.97. The zero-order chi connectivity index (χ0) is 12.5. The normalized spacial score (nSPS) is 34.6. The van der Waals surface area contributed by atoms with E-state index >= 15 is 0 Å². The first-order valence-corrected chi connectivity index (χ1v) is 7.48. The lowest BCUT2D eigenvalue weighted by Crippen LogP contribution is -2.43. The van der Waals surface area contributed by atoms with E-state index < -0.39 is 0 Å². The van der Waals surface area contributed by atoms with Crippen LogP contribution in [0.25, 0.3) is 0 Å². The Bertz CT molecular complexity index is 248. The molecule has 17 heavy (non-hydrogen) atoms. The van der Waals surface area contributed by atoms with Gasteiger partial charge in [-0.1, -0.05) is 27.7 Å². The summed E-state index contributed by atoms with van der Waals surface area (Å²) in [7, 11) is 0. The van der Waals surface area contributed by atoms with E-state index in [4.69, 9.17) is 9.47 Å². The van der Waals surface area contributed by atoms with Crippen molar-refractivity contribution >= 4 is 0 Å². The molecule has 2 atom stereocenters. The van der Waals surface area contributed by atoms with Crippen molar-refractivity contribution in [1.82, 2.24) is 0 Å².